The van der Waals surface area contributed by atoms with Crippen LogP contribution in [0.25, 0.3) is 0 Å². The van der Waals surface area contributed by atoms with E-state index in [1.165, 1.54) is 6.07 Å². The monoisotopic (exact) mass is 249 g/mol. The molecule has 0 saturated carbocycles. The first kappa shape index (κ1) is 12.6. The Morgan fingerprint density at radius 1 is 1.44 bits per heavy atom. The number of methoxy groups -OCH3 is 1. The minimum absolute atomic E-state index is 0.242. The van der Waals surface area contributed by atoms with Crippen LogP contribution < -0.4 is 10.5 Å². The third kappa shape index (κ3) is 2.36. The fraction of sp³-hybridized carbons (Fsp3) is 0.308. The molecule has 1 atom stereocenters. The van der Waals surface area contributed by atoms with Crippen LogP contribution in [-0.4, -0.2) is 16.9 Å². The maximum atomic E-state index is 13.6. The number of rotatable bonds is 4. The van der Waals surface area contributed by atoms with Crippen molar-refractivity contribution >= 4 is 0 Å². The van der Waals surface area contributed by atoms with Gasteiger partial charge in [-0.1, -0.05) is 18.2 Å². The smallest absolute Gasteiger partial charge is 0.161 e. The van der Waals surface area contributed by atoms with Crippen LogP contribution in [0, 0.1) is 5.82 Å². The first-order valence-corrected chi connectivity index (χ1v) is 5.68. The first-order valence-electron chi connectivity index (χ1n) is 5.68. The number of aryl methyl sites for hydroxylation is 1. The second-order valence-corrected chi connectivity index (χ2v) is 4.12. The molecule has 1 heterocycles. The van der Waals surface area contributed by atoms with Gasteiger partial charge in [-0.25, -0.2) is 4.39 Å². The number of hydrogen-bond acceptors (Lipinski definition) is 3. The highest BCUT2D eigenvalue weighted by Crippen LogP contribution is 2.25. The highest BCUT2D eigenvalue weighted by molar-refractivity contribution is 5.30. The van der Waals surface area contributed by atoms with Crippen molar-refractivity contribution in [1.82, 2.24) is 9.78 Å². The molecule has 2 rings (SSSR count). The molecule has 2 N–H and O–H groups in total. The quantitative estimate of drug-likeness (QED) is 0.899. The zero-order valence-electron chi connectivity index (χ0n) is 10.4. The van der Waals surface area contributed by atoms with E-state index in [0.29, 0.717) is 17.7 Å². The SMILES string of the molecule is COc1cnn(C)c1C(N)Cc1ccccc1F. The van der Waals surface area contributed by atoms with Crippen LogP contribution in [0.1, 0.15) is 17.3 Å². The molecule has 2 aromatic rings. The number of benzene rings is 1. The molecule has 1 aromatic carbocycles. The predicted molar refractivity (Wildman–Crippen MR) is 66.8 cm³/mol. The van der Waals surface area contributed by atoms with Crippen LogP contribution in [0.5, 0.6) is 5.75 Å². The molecule has 0 spiro atoms. The lowest BCUT2D eigenvalue weighted by atomic mass is 10.0. The Morgan fingerprint density at radius 2 is 2.17 bits per heavy atom. The Labute approximate surface area is 105 Å². The van der Waals surface area contributed by atoms with Crippen molar-refractivity contribution in [3.8, 4) is 5.75 Å². The molecule has 0 amide bonds. The average molecular weight is 249 g/mol. The summed E-state index contributed by atoms with van der Waals surface area (Å²) in [6.07, 6.45) is 2.01. The number of ether oxygens (including phenoxy) is 1. The summed E-state index contributed by atoms with van der Waals surface area (Å²) in [5.74, 6) is 0.385. The van der Waals surface area contributed by atoms with Crippen molar-refractivity contribution < 1.29 is 9.13 Å². The van der Waals surface area contributed by atoms with E-state index in [1.807, 2.05) is 0 Å². The maximum Gasteiger partial charge on any atom is 0.161 e. The molecule has 1 unspecified atom stereocenters. The van der Waals surface area contributed by atoms with Crippen LogP contribution in [0.2, 0.25) is 0 Å². The number of aromatic nitrogens is 2. The van der Waals surface area contributed by atoms with E-state index in [0.717, 1.165) is 5.69 Å². The highest BCUT2D eigenvalue weighted by Gasteiger charge is 2.18. The molecule has 0 aliphatic carbocycles. The van der Waals surface area contributed by atoms with Gasteiger partial charge in [0.05, 0.1) is 25.0 Å². The first-order chi connectivity index (χ1) is 8.63. The fourth-order valence-electron chi connectivity index (χ4n) is 2.00. The summed E-state index contributed by atoms with van der Waals surface area (Å²) in [6, 6.07) is 6.27. The molecule has 0 saturated heterocycles. The summed E-state index contributed by atoms with van der Waals surface area (Å²) < 4.78 is 20.4. The van der Waals surface area contributed by atoms with Crippen molar-refractivity contribution in [2.45, 2.75) is 12.5 Å². The van der Waals surface area contributed by atoms with Crippen LogP contribution in [0.3, 0.4) is 0 Å². The predicted octanol–water partition coefficient (Wildman–Crippen LogP) is 1.81. The molecule has 0 aliphatic rings. The number of hydrogen-bond donors (Lipinski definition) is 1. The molecule has 0 fully saturated rings. The van der Waals surface area contributed by atoms with Gasteiger partial charge in [0, 0.05) is 7.05 Å². The van der Waals surface area contributed by atoms with Crippen molar-refractivity contribution in [3.05, 3.63) is 47.5 Å². The summed E-state index contributed by atoms with van der Waals surface area (Å²) in [5, 5.41) is 4.09. The fourth-order valence-corrected chi connectivity index (χ4v) is 2.00. The standard InChI is InChI=1S/C13H16FN3O/c1-17-13(12(18-2)8-16-17)11(15)7-9-5-3-4-6-10(9)14/h3-6,8,11H,7,15H2,1-2H3. The van der Waals surface area contributed by atoms with Crippen molar-refractivity contribution in [2.75, 3.05) is 7.11 Å². The van der Waals surface area contributed by atoms with Crippen LogP contribution in [-0.2, 0) is 13.5 Å². The second kappa shape index (κ2) is 5.18. The van der Waals surface area contributed by atoms with Gasteiger partial charge < -0.3 is 10.5 Å². The van der Waals surface area contributed by atoms with Gasteiger partial charge >= 0.3 is 0 Å². The molecule has 5 heteroatoms. The molecular weight excluding hydrogens is 233 g/mol. The normalized spacial score (nSPS) is 12.4. The molecule has 0 bridgehead atoms. The van der Waals surface area contributed by atoms with Gasteiger partial charge in [-0.2, -0.15) is 5.10 Å². The molecule has 4 nitrogen and oxygen atoms in total. The van der Waals surface area contributed by atoms with E-state index in [4.69, 9.17) is 10.5 Å². The molecule has 0 aliphatic heterocycles. The third-order valence-corrected chi connectivity index (χ3v) is 2.92. The molecule has 0 radical (unpaired) electrons. The maximum absolute atomic E-state index is 13.6. The van der Waals surface area contributed by atoms with E-state index < -0.39 is 0 Å². The molecule has 18 heavy (non-hydrogen) atoms. The van der Waals surface area contributed by atoms with Gasteiger partial charge in [0.1, 0.15) is 5.82 Å². The molecule has 96 valence electrons. The largest absolute Gasteiger partial charge is 0.493 e. The second-order valence-electron chi connectivity index (χ2n) is 4.12. The van der Waals surface area contributed by atoms with Gasteiger partial charge in [-0.15, -0.1) is 0 Å². The molecular formula is C13H16FN3O. The lowest BCUT2D eigenvalue weighted by molar-refractivity contribution is 0.402. The minimum Gasteiger partial charge on any atom is -0.493 e. The van der Waals surface area contributed by atoms with E-state index in [2.05, 4.69) is 5.10 Å². The lowest BCUT2D eigenvalue weighted by Gasteiger charge is -2.14. The Hall–Kier alpha value is -1.88. The number of halogens is 1. The van der Waals surface area contributed by atoms with Crippen molar-refractivity contribution in [3.63, 3.8) is 0 Å². The van der Waals surface area contributed by atoms with E-state index in [-0.39, 0.29) is 11.9 Å². The Bertz CT molecular complexity index is 539. The lowest BCUT2D eigenvalue weighted by Crippen LogP contribution is -2.18. The summed E-state index contributed by atoms with van der Waals surface area (Å²) in [5.41, 5.74) is 7.47. The number of nitrogens with two attached hydrogens (primary N) is 1. The van der Waals surface area contributed by atoms with Gasteiger partial charge in [0.15, 0.2) is 5.75 Å². The summed E-state index contributed by atoms with van der Waals surface area (Å²) in [7, 11) is 3.36. The summed E-state index contributed by atoms with van der Waals surface area (Å²) in [4.78, 5) is 0. The Balaban J connectivity index is 2.24. The average Bonchev–Trinajstić information content (AvgIpc) is 2.73. The van der Waals surface area contributed by atoms with Crippen LogP contribution in [0.15, 0.2) is 30.5 Å². The Kier molecular flexibility index (Phi) is 3.62. The van der Waals surface area contributed by atoms with Gasteiger partial charge in [0.25, 0.3) is 0 Å². The van der Waals surface area contributed by atoms with E-state index >= 15 is 0 Å². The third-order valence-electron chi connectivity index (χ3n) is 2.92. The van der Waals surface area contributed by atoms with Gasteiger partial charge in [-0.05, 0) is 18.1 Å². The van der Waals surface area contributed by atoms with Crippen molar-refractivity contribution in [2.24, 2.45) is 12.8 Å². The van der Waals surface area contributed by atoms with Crippen LogP contribution >= 0.6 is 0 Å². The highest BCUT2D eigenvalue weighted by atomic mass is 19.1. The van der Waals surface area contributed by atoms with Gasteiger partial charge in [-0.3, -0.25) is 4.68 Å². The van der Waals surface area contributed by atoms with Gasteiger partial charge in [0.2, 0.25) is 0 Å². The Morgan fingerprint density at radius 3 is 2.83 bits per heavy atom. The summed E-state index contributed by atoms with van der Waals surface area (Å²) >= 11 is 0. The zero-order valence-corrected chi connectivity index (χ0v) is 10.4. The topological polar surface area (TPSA) is 53.1 Å². The summed E-state index contributed by atoms with van der Waals surface area (Å²) in [6.45, 7) is 0. The number of nitrogens with zero attached hydrogens (tertiary/aromatic N) is 2. The molecule has 1 aromatic heterocycles. The van der Waals surface area contributed by atoms with Crippen LogP contribution in [0.4, 0.5) is 4.39 Å². The minimum atomic E-state index is -0.357. The van der Waals surface area contributed by atoms with E-state index in [1.54, 1.807) is 43.2 Å². The zero-order chi connectivity index (χ0) is 13.1. The van der Waals surface area contributed by atoms with E-state index in [9.17, 15) is 4.39 Å². The van der Waals surface area contributed by atoms with Crippen molar-refractivity contribution in [1.29, 1.82) is 0 Å².